The lowest BCUT2D eigenvalue weighted by Crippen LogP contribution is -2.47. The Morgan fingerprint density at radius 1 is 1.38 bits per heavy atom. The van der Waals surface area contributed by atoms with Crippen molar-refractivity contribution in [2.75, 3.05) is 37.4 Å². The van der Waals surface area contributed by atoms with Crippen LogP contribution in [-0.2, 0) is 9.53 Å². The Morgan fingerprint density at radius 2 is 2.05 bits per heavy atom. The van der Waals surface area contributed by atoms with Gasteiger partial charge in [-0.3, -0.25) is 4.79 Å². The standard InChI is InChI=1S/C14H19N3O4/c1-9(13(18)17-5-7-21-8-6-17)16-11-4-2-3-10(12(11)15)14(19)20/h2-4,9,16H,5-8,15H2,1H3,(H,19,20). The van der Waals surface area contributed by atoms with Crippen molar-refractivity contribution in [2.24, 2.45) is 0 Å². The van der Waals surface area contributed by atoms with Crippen molar-refractivity contribution in [3.63, 3.8) is 0 Å². The summed E-state index contributed by atoms with van der Waals surface area (Å²) in [5, 5.41) is 12.0. The average Bonchev–Trinajstić information content (AvgIpc) is 2.49. The molecule has 1 aromatic rings. The number of anilines is 2. The first-order valence-electron chi connectivity index (χ1n) is 6.75. The zero-order chi connectivity index (χ0) is 15.4. The van der Waals surface area contributed by atoms with Crippen molar-refractivity contribution in [1.29, 1.82) is 0 Å². The van der Waals surface area contributed by atoms with Crippen LogP contribution in [0.5, 0.6) is 0 Å². The van der Waals surface area contributed by atoms with E-state index in [9.17, 15) is 9.59 Å². The van der Waals surface area contributed by atoms with E-state index in [0.717, 1.165) is 0 Å². The molecule has 1 amide bonds. The number of nitrogens with one attached hydrogen (secondary N) is 1. The number of benzene rings is 1. The molecule has 1 heterocycles. The van der Waals surface area contributed by atoms with Crippen molar-refractivity contribution in [3.05, 3.63) is 23.8 Å². The van der Waals surface area contributed by atoms with Crippen molar-refractivity contribution < 1.29 is 19.4 Å². The summed E-state index contributed by atoms with van der Waals surface area (Å²) in [7, 11) is 0. The summed E-state index contributed by atoms with van der Waals surface area (Å²) < 4.78 is 5.21. The van der Waals surface area contributed by atoms with Gasteiger partial charge in [0.15, 0.2) is 0 Å². The van der Waals surface area contributed by atoms with Crippen LogP contribution in [0, 0.1) is 0 Å². The van der Waals surface area contributed by atoms with Crippen LogP contribution in [0.3, 0.4) is 0 Å². The summed E-state index contributed by atoms with van der Waals surface area (Å²) in [6, 6.07) is 4.19. The molecule has 4 N–H and O–H groups in total. The van der Waals surface area contributed by atoms with Crippen molar-refractivity contribution >= 4 is 23.3 Å². The maximum Gasteiger partial charge on any atom is 0.337 e. The third kappa shape index (κ3) is 3.43. The molecule has 2 rings (SSSR count). The average molecular weight is 293 g/mol. The first-order valence-corrected chi connectivity index (χ1v) is 6.75. The van der Waals surface area contributed by atoms with Gasteiger partial charge in [-0.25, -0.2) is 4.79 Å². The number of para-hydroxylation sites is 1. The number of nitrogens with two attached hydrogens (primary N) is 1. The third-order valence-corrected chi connectivity index (χ3v) is 3.40. The molecular formula is C14H19N3O4. The third-order valence-electron chi connectivity index (χ3n) is 3.40. The van der Waals surface area contributed by atoms with Gasteiger partial charge in [-0.15, -0.1) is 0 Å². The smallest absolute Gasteiger partial charge is 0.337 e. The van der Waals surface area contributed by atoms with Crippen molar-refractivity contribution in [1.82, 2.24) is 4.90 Å². The quantitative estimate of drug-likeness (QED) is 0.703. The molecule has 0 aromatic heterocycles. The second-order valence-electron chi connectivity index (χ2n) is 4.88. The fourth-order valence-corrected chi connectivity index (χ4v) is 2.23. The lowest BCUT2D eigenvalue weighted by molar-refractivity contribution is -0.135. The number of ether oxygens (including phenoxy) is 1. The first-order chi connectivity index (χ1) is 10.0. The molecule has 1 saturated heterocycles. The zero-order valence-electron chi connectivity index (χ0n) is 11.8. The Hall–Kier alpha value is -2.28. The van der Waals surface area contributed by atoms with Gasteiger partial charge in [-0.1, -0.05) is 6.07 Å². The number of rotatable bonds is 4. The number of carbonyl (C=O) groups excluding carboxylic acids is 1. The van der Waals surface area contributed by atoms with E-state index in [1.165, 1.54) is 6.07 Å². The van der Waals surface area contributed by atoms with Gasteiger partial charge in [0, 0.05) is 13.1 Å². The van der Waals surface area contributed by atoms with Gasteiger partial charge in [0.05, 0.1) is 30.2 Å². The Kier molecular flexibility index (Phi) is 4.64. The van der Waals surface area contributed by atoms with E-state index >= 15 is 0 Å². The maximum atomic E-state index is 12.3. The molecule has 1 atom stereocenters. The van der Waals surface area contributed by atoms with Crippen LogP contribution in [-0.4, -0.2) is 54.2 Å². The molecule has 0 spiro atoms. The highest BCUT2D eigenvalue weighted by atomic mass is 16.5. The largest absolute Gasteiger partial charge is 0.478 e. The number of carboxylic acids is 1. The number of amides is 1. The number of morpholine rings is 1. The molecule has 0 aliphatic carbocycles. The van der Waals surface area contributed by atoms with E-state index in [1.807, 2.05) is 0 Å². The molecule has 1 unspecified atom stereocenters. The fraction of sp³-hybridized carbons (Fsp3) is 0.429. The number of carbonyl (C=O) groups is 2. The van der Waals surface area contributed by atoms with Crippen LogP contribution in [0.15, 0.2) is 18.2 Å². The number of aromatic carboxylic acids is 1. The summed E-state index contributed by atoms with van der Waals surface area (Å²) in [5.74, 6) is -1.15. The Balaban J connectivity index is 2.08. The molecule has 7 heteroatoms. The van der Waals surface area contributed by atoms with Crippen LogP contribution in [0.4, 0.5) is 11.4 Å². The van der Waals surface area contributed by atoms with E-state index < -0.39 is 12.0 Å². The lowest BCUT2D eigenvalue weighted by atomic mass is 10.1. The summed E-state index contributed by atoms with van der Waals surface area (Å²) in [6.07, 6.45) is 0. The topological polar surface area (TPSA) is 105 Å². The molecule has 0 saturated carbocycles. The summed E-state index contributed by atoms with van der Waals surface area (Å²) in [6.45, 7) is 3.93. The maximum absolute atomic E-state index is 12.3. The molecule has 7 nitrogen and oxygen atoms in total. The second-order valence-corrected chi connectivity index (χ2v) is 4.88. The molecule has 114 valence electrons. The highest BCUT2D eigenvalue weighted by Crippen LogP contribution is 2.23. The second kappa shape index (κ2) is 6.45. The van der Waals surface area contributed by atoms with Gasteiger partial charge in [-0.05, 0) is 19.1 Å². The van der Waals surface area contributed by atoms with Crippen LogP contribution >= 0.6 is 0 Å². The molecule has 0 radical (unpaired) electrons. The number of hydrogen-bond donors (Lipinski definition) is 3. The number of nitrogens with zero attached hydrogens (tertiary/aromatic N) is 1. The van der Waals surface area contributed by atoms with Crippen LogP contribution < -0.4 is 11.1 Å². The van der Waals surface area contributed by atoms with Gasteiger partial charge in [0.25, 0.3) is 0 Å². The van der Waals surface area contributed by atoms with E-state index in [0.29, 0.717) is 32.0 Å². The number of nitrogen functional groups attached to an aromatic ring is 1. The summed E-state index contributed by atoms with van der Waals surface area (Å²) in [5.41, 5.74) is 6.42. The normalized spacial score (nSPS) is 16.3. The van der Waals surface area contributed by atoms with Crippen LogP contribution in [0.2, 0.25) is 0 Å². The first kappa shape index (κ1) is 15.1. The number of hydrogen-bond acceptors (Lipinski definition) is 5. The zero-order valence-corrected chi connectivity index (χ0v) is 11.8. The van der Waals surface area contributed by atoms with Crippen LogP contribution in [0.25, 0.3) is 0 Å². The van der Waals surface area contributed by atoms with E-state index in [4.69, 9.17) is 15.6 Å². The minimum absolute atomic E-state index is 0.0195. The molecule has 1 aliphatic rings. The Labute approximate surface area is 122 Å². The molecular weight excluding hydrogens is 274 g/mol. The van der Waals surface area contributed by atoms with E-state index in [1.54, 1.807) is 24.0 Å². The molecule has 21 heavy (non-hydrogen) atoms. The molecule has 1 fully saturated rings. The van der Waals surface area contributed by atoms with Gasteiger partial charge in [0.1, 0.15) is 6.04 Å². The highest BCUT2D eigenvalue weighted by molar-refractivity contribution is 5.97. The Morgan fingerprint density at radius 3 is 2.67 bits per heavy atom. The minimum atomic E-state index is -1.09. The molecule has 1 aliphatic heterocycles. The van der Waals surface area contributed by atoms with Crippen molar-refractivity contribution in [3.8, 4) is 0 Å². The van der Waals surface area contributed by atoms with E-state index in [-0.39, 0.29) is 17.2 Å². The highest BCUT2D eigenvalue weighted by Gasteiger charge is 2.23. The fourth-order valence-electron chi connectivity index (χ4n) is 2.23. The predicted molar refractivity (Wildman–Crippen MR) is 78.3 cm³/mol. The van der Waals surface area contributed by atoms with Crippen LogP contribution in [0.1, 0.15) is 17.3 Å². The minimum Gasteiger partial charge on any atom is -0.478 e. The SMILES string of the molecule is CC(Nc1cccc(C(=O)O)c1N)C(=O)N1CCOCC1. The van der Waals surface area contributed by atoms with Crippen molar-refractivity contribution in [2.45, 2.75) is 13.0 Å². The predicted octanol–water partition coefficient (Wildman–Crippen LogP) is 0.626. The number of carboxylic acid groups (broad SMARTS) is 1. The van der Waals surface area contributed by atoms with Gasteiger partial charge in [-0.2, -0.15) is 0 Å². The molecule has 0 bridgehead atoms. The monoisotopic (exact) mass is 293 g/mol. The lowest BCUT2D eigenvalue weighted by Gasteiger charge is -2.30. The van der Waals surface area contributed by atoms with Gasteiger partial charge >= 0.3 is 5.97 Å². The molecule has 1 aromatic carbocycles. The van der Waals surface area contributed by atoms with Gasteiger partial charge in [0.2, 0.25) is 5.91 Å². The Bertz CT molecular complexity index is 541. The van der Waals surface area contributed by atoms with E-state index in [2.05, 4.69) is 5.32 Å². The summed E-state index contributed by atoms with van der Waals surface area (Å²) in [4.78, 5) is 25.0. The van der Waals surface area contributed by atoms with Gasteiger partial charge < -0.3 is 25.8 Å². The summed E-state index contributed by atoms with van der Waals surface area (Å²) >= 11 is 0.